The topological polar surface area (TPSA) is 64.2 Å². The predicted octanol–water partition coefficient (Wildman–Crippen LogP) is 3.97. The first-order chi connectivity index (χ1) is 14.4. The average Bonchev–Trinajstić information content (AvgIpc) is 2.96. The molecule has 4 rings (SSSR count). The maximum atomic E-state index is 13.9. The molecular weight excluding hydrogens is 383 g/mol. The van der Waals surface area contributed by atoms with E-state index in [1.54, 1.807) is 21.3 Å². The Morgan fingerprint density at radius 3 is 2.53 bits per heavy atom. The molecule has 6 heteroatoms. The van der Waals surface area contributed by atoms with Crippen LogP contribution in [0.3, 0.4) is 0 Å². The SMILES string of the molecule is Cc1c(Cc2ccc(=O)n(Cc3ccccc3)c2)c2cc(F)ccc2n1CC(=O)O. The highest BCUT2D eigenvalue weighted by molar-refractivity contribution is 5.87. The number of carboxylic acids is 1. The molecule has 2 heterocycles. The van der Waals surface area contributed by atoms with Crippen LogP contribution in [0.25, 0.3) is 10.9 Å². The highest BCUT2D eigenvalue weighted by Gasteiger charge is 2.17. The van der Waals surface area contributed by atoms with Crippen molar-refractivity contribution in [1.82, 2.24) is 9.13 Å². The van der Waals surface area contributed by atoms with E-state index in [0.29, 0.717) is 23.9 Å². The Morgan fingerprint density at radius 1 is 1.03 bits per heavy atom. The molecule has 30 heavy (non-hydrogen) atoms. The molecule has 0 saturated carbocycles. The second-order valence-electron chi connectivity index (χ2n) is 7.37. The Labute approximate surface area is 172 Å². The molecule has 0 aliphatic carbocycles. The van der Waals surface area contributed by atoms with Crippen molar-refractivity contribution >= 4 is 16.9 Å². The summed E-state index contributed by atoms with van der Waals surface area (Å²) in [6, 6.07) is 17.4. The van der Waals surface area contributed by atoms with Gasteiger partial charge in [-0.15, -0.1) is 0 Å². The van der Waals surface area contributed by atoms with Crippen molar-refractivity contribution in [2.75, 3.05) is 0 Å². The fourth-order valence-electron chi connectivity index (χ4n) is 3.88. The summed E-state index contributed by atoms with van der Waals surface area (Å²) in [6.07, 6.45) is 2.28. The zero-order valence-electron chi connectivity index (χ0n) is 16.5. The monoisotopic (exact) mass is 404 g/mol. The fraction of sp³-hybridized carbons (Fsp3) is 0.167. The number of hydrogen-bond acceptors (Lipinski definition) is 2. The van der Waals surface area contributed by atoms with Gasteiger partial charge < -0.3 is 14.2 Å². The van der Waals surface area contributed by atoms with Crippen LogP contribution < -0.4 is 5.56 Å². The van der Waals surface area contributed by atoms with Crippen molar-refractivity contribution in [3.63, 3.8) is 0 Å². The van der Waals surface area contributed by atoms with Crippen molar-refractivity contribution in [2.45, 2.75) is 26.4 Å². The van der Waals surface area contributed by atoms with Gasteiger partial charge in [-0.25, -0.2) is 4.39 Å². The van der Waals surface area contributed by atoms with Gasteiger partial charge in [-0.3, -0.25) is 9.59 Å². The third-order valence-electron chi connectivity index (χ3n) is 5.33. The van der Waals surface area contributed by atoms with Gasteiger partial charge >= 0.3 is 5.97 Å². The minimum atomic E-state index is -0.956. The number of hydrogen-bond donors (Lipinski definition) is 1. The predicted molar refractivity (Wildman–Crippen MR) is 113 cm³/mol. The van der Waals surface area contributed by atoms with E-state index in [4.69, 9.17) is 0 Å². The van der Waals surface area contributed by atoms with Crippen molar-refractivity contribution in [3.05, 3.63) is 105 Å². The van der Waals surface area contributed by atoms with Crippen molar-refractivity contribution in [3.8, 4) is 0 Å². The molecule has 0 saturated heterocycles. The van der Waals surface area contributed by atoms with Gasteiger partial charge in [0, 0.05) is 35.3 Å². The molecular formula is C24H21FN2O3. The summed E-state index contributed by atoms with van der Waals surface area (Å²) in [4.78, 5) is 23.6. The molecule has 0 radical (unpaired) electrons. The first-order valence-corrected chi connectivity index (χ1v) is 9.64. The number of nitrogens with zero attached hydrogens (tertiary/aromatic N) is 2. The van der Waals surface area contributed by atoms with Gasteiger partial charge in [-0.1, -0.05) is 36.4 Å². The molecule has 0 aliphatic heterocycles. The largest absolute Gasteiger partial charge is 0.480 e. The standard InChI is InChI=1S/C24H21FN2O3/c1-16-20(21-12-19(25)8-9-22(21)27(16)15-24(29)30)11-18-7-10-23(28)26(14-18)13-17-5-3-2-4-6-17/h2-10,12,14H,11,13,15H2,1H3,(H,29,30). The smallest absolute Gasteiger partial charge is 0.323 e. The van der Waals surface area contributed by atoms with Crippen LogP contribution in [0.15, 0.2) is 71.7 Å². The molecule has 0 amide bonds. The zero-order valence-corrected chi connectivity index (χ0v) is 16.5. The number of carboxylic acid groups (broad SMARTS) is 1. The summed E-state index contributed by atoms with van der Waals surface area (Å²) in [5.41, 5.74) is 4.14. The normalized spacial score (nSPS) is 11.1. The van der Waals surface area contributed by atoms with Gasteiger partial charge in [0.1, 0.15) is 12.4 Å². The minimum absolute atomic E-state index is 0.0984. The molecule has 0 fully saturated rings. The van der Waals surface area contributed by atoms with E-state index >= 15 is 0 Å². The quantitative estimate of drug-likeness (QED) is 0.529. The van der Waals surface area contributed by atoms with Gasteiger partial charge in [0.05, 0.1) is 6.54 Å². The second-order valence-corrected chi connectivity index (χ2v) is 7.37. The number of pyridine rings is 1. The van der Waals surface area contributed by atoms with Crippen molar-refractivity contribution in [2.24, 2.45) is 0 Å². The van der Waals surface area contributed by atoms with E-state index in [1.165, 1.54) is 18.2 Å². The number of halogens is 1. The van der Waals surface area contributed by atoms with Crippen LogP contribution in [0.4, 0.5) is 4.39 Å². The Bertz CT molecular complexity index is 1290. The highest BCUT2D eigenvalue weighted by Crippen LogP contribution is 2.28. The summed E-state index contributed by atoms with van der Waals surface area (Å²) < 4.78 is 17.3. The number of carbonyl (C=O) groups is 1. The molecule has 1 N–H and O–H groups in total. The molecule has 0 unspecified atom stereocenters. The highest BCUT2D eigenvalue weighted by atomic mass is 19.1. The van der Waals surface area contributed by atoms with Gasteiger partial charge in [0.2, 0.25) is 0 Å². The molecule has 0 aliphatic rings. The summed E-state index contributed by atoms with van der Waals surface area (Å²) >= 11 is 0. The van der Waals surface area contributed by atoms with E-state index < -0.39 is 5.97 Å². The number of rotatable bonds is 6. The Hall–Kier alpha value is -3.67. The second kappa shape index (κ2) is 7.99. The molecule has 0 bridgehead atoms. The summed E-state index contributed by atoms with van der Waals surface area (Å²) in [5.74, 6) is -1.33. The maximum Gasteiger partial charge on any atom is 0.323 e. The van der Waals surface area contributed by atoms with E-state index in [9.17, 15) is 19.1 Å². The fourth-order valence-corrected chi connectivity index (χ4v) is 3.88. The lowest BCUT2D eigenvalue weighted by atomic mass is 10.0. The van der Waals surface area contributed by atoms with Crippen LogP contribution in [0, 0.1) is 12.7 Å². The summed E-state index contributed by atoms with van der Waals surface area (Å²) in [6.45, 7) is 2.11. The lowest BCUT2D eigenvalue weighted by molar-refractivity contribution is -0.137. The van der Waals surface area contributed by atoms with Gasteiger partial charge in [-0.2, -0.15) is 0 Å². The first-order valence-electron chi connectivity index (χ1n) is 9.64. The number of benzene rings is 2. The van der Waals surface area contributed by atoms with Crippen LogP contribution in [0.1, 0.15) is 22.4 Å². The molecule has 2 aromatic carbocycles. The summed E-state index contributed by atoms with van der Waals surface area (Å²) in [7, 11) is 0. The Kier molecular flexibility index (Phi) is 5.23. The number of aromatic nitrogens is 2. The van der Waals surface area contributed by atoms with Crippen LogP contribution in [0.2, 0.25) is 0 Å². The van der Waals surface area contributed by atoms with E-state index in [2.05, 4.69) is 0 Å². The third kappa shape index (κ3) is 3.89. The van der Waals surface area contributed by atoms with E-state index in [0.717, 1.165) is 22.4 Å². The molecule has 0 spiro atoms. The lowest BCUT2D eigenvalue weighted by Crippen LogP contribution is -2.19. The summed E-state index contributed by atoms with van der Waals surface area (Å²) in [5, 5.41) is 9.97. The van der Waals surface area contributed by atoms with Crippen LogP contribution in [0.5, 0.6) is 0 Å². The van der Waals surface area contributed by atoms with Gasteiger partial charge in [-0.05, 0) is 41.8 Å². The van der Waals surface area contributed by atoms with Crippen LogP contribution in [-0.2, 0) is 24.3 Å². The first kappa shape index (κ1) is 19.6. The van der Waals surface area contributed by atoms with E-state index in [-0.39, 0.29) is 17.9 Å². The van der Waals surface area contributed by atoms with Gasteiger partial charge in [0.25, 0.3) is 5.56 Å². The molecule has 152 valence electrons. The molecule has 5 nitrogen and oxygen atoms in total. The van der Waals surface area contributed by atoms with Crippen LogP contribution >= 0.6 is 0 Å². The van der Waals surface area contributed by atoms with E-state index in [1.807, 2.05) is 43.5 Å². The van der Waals surface area contributed by atoms with Crippen molar-refractivity contribution < 1.29 is 14.3 Å². The van der Waals surface area contributed by atoms with Crippen LogP contribution in [-0.4, -0.2) is 20.2 Å². The molecule has 4 aromatic rings. The minimum Gasteiger partial charge on any atom is -0.480 e. The molecule has 2 aromatic heterocycles. The average molecular weight is 404 g/mol. The Balaban J connectivity index is 1.75. The van der Waals surface area contributed by atoms with Gasteiger partial charge in [0.15, 0.2) is 0 Å². The number of fused-ring (bicyclic) bond motifs is 1. The Morgan fingerprint density at radius 2 is 1.80 bits per heavy atom. The third-order valence-corrected chi connectivity index (χ3v) is 5.33. The number of aliphatic carboxylic acids is 1. The molecule has 0 atom stereocenters. The van der Waals surface area contributed by atoms with Crippen molar-refractivity contribution in [1.29, 1.82) is 0 Å². The maximum absolute atomic E-state index is 13.9. The zero-order chi connectivity index (χ0) is 21.3. The lowest BCUT2D eigenvalue weighted by Gasteiger charge is -2.10.